The molecule has 0 aromatic rings. The van der Waals surface area contributed by atoms with Crippen LogP contribution in [0.1, 0.15) is 32.1 Å². The molecule has 0 aliphatic heterocycles. The van der Waals surface area contributed by atoms with Crippen LogP contribution in [0.2, 0.25) is 0 Å². The van der Waals surface area contributed by atoms with Crippen molar-refractivity contribution < 1.29 is 26.4 Å². The van der Waals surface area contributed by atoms with E-state index in [1.54, 1.807) is 0 Å². The van der Waals surface area contributed by atoms with E-state index in [9.17, 15) is 0 Å². The van der Waals surface area contributed by atoms with Crippen molar-refractivity contribution in [3.05, 3.63) is 0 Å². The minimum absolute atomic E-state index is 0.826. The van der Waals surface area contributed by atoms with Gasteiger partial charge in [-0.05, 0) is 0 Å². The molecule has 1 aliphatic carbocycles. The predicted octanol–water partition coefficient (Wildman–Crippen LogP) is 1.37. The first-order chi connectivity index (χ1) is 3.93. The molecule has 1 aliphatic rings. The summed E-state index contributed by atoms with van der Waals surface area (Å²) in [5, 5.41) is 0. The summed E-state index contributed by atoms with van der Waals surface area (Å²) in [4.78, 5) is 0. The van der Waals surface area contributed by atoms with E-state index < -0.39 is 0 Å². The molecule has 0 unspecified atom stereocenters. The molecule has 1 rings (SSSR count). The maximum absolute atomic E-state index is 3.50. The first kappa shape index (κ1) is 7.01. The first-order valence-corrected chi connectivity index (χ1v) is 6.21. The second-order valence-corrected chi connectivity index (χ2v) is 4.13. The van der Waals surface area contributed by atoms with E-state index in [0.717, 1.165) is 32.5 Å². The molecule has 1 nitrogen and oxygen atoms in total. The molecule has 2 heteroatoms. The molecule has 0 spiro atoms. The van der Waals surface area contributed by atoms with Crippen LogP contribution in [0, 0.1) is 0 Å². The van der Waals surface area contributed by atoms with E-state index >= 15 is 0 Å². The molecule has 0 saturated heterocycles. The minimum atomic E-state index is 0.826. The SMILES string of the molecule is [Hg][NH]C1CCCCC1. The fourth-order valence-electron chi connectivity index (χ4n) is 1.31. The van der Waals surface area contributed by atoms with E-state index in [1.165, 1.54) is 32.1 Å². The summed E-state index contributed by atoms with van der Waals surface area (Å²) in [7, 11) is 0. The van der Waals surface area contributed by atoms with Crippen molar-refractivity contribution in [1.82, 2.24) is 3.08 Å². The number of hydrogen-bond acceptors (Lipinski definition) is 1. The molecule has 1 N–H and O–H groups in total. The number of nitrogens with one attached hydrogen (secondary N) is 1. The number of rotatable bonds is 1. The normalized spacial score (nSPS) is 23.8. The Kier molecular flexibility index (Phi) is 3.36. The molecule has 43 valence electrons. The van der Waals surface area contributed by atoms with Crippen molar-refractivity contribution in [2.24, 2.45) is 0 Å². The van der Waals surface area contributed by atoms with Gasteiger partial charge in [-0.15, -0.1) is 0 Å². The van der Waals surface area contributed by atoms with Gasteiger partial charge in [0.2, 0.25) is 0 Å². The Balaban J connectivity index is 2.13. The average molecular weight is 299 g/mol. The van der Waals surface area contributed by atoms with Crippen molar-refractivity contribution in [2.45, 2.75) is 38.1 Å². The summed E-state index contributed by atoms with van der Waals surface area (Å²) >= 11 is 0.826. The first-order valence-electron chi connectivity index (χ1n) is 3.46. The summed E-state index contributed by atoms with van der Waals surface area (Å²) in [5.74, 6) is 0. The molecular weight excluding hydrogens is 287 g/mol. The van der Waals surface area contributed by atoms with Gasteiger partial charge in [0, 0.05) is 0 Å². The topological polar surface area (TPSA) is 12.0 Å². The van der Waals surface area contributed by atoms with Crippen LogP contribution >= 0.6 is 0 Å². The third-order valence-corrected chi connectivity index (χ3v) is 4.14. The van der Waals surface area contributed by atoms with E-state index in [1.807, 2.05) is 0 Å². The molecule has 8 heavy (non-hydrogen) atoms. The molecule has 0 amide bonds. The van der Waals surface area contributed by atoms with Gasteiger partial charge < -0.3 is 0 Å². The van der Waals surface area contributed by atoms with Crippen LogP contribution < -0.4 is 3.08 Å². The fourth-order valence-corrected chi connectivity index (χ4v) is 2.89. The van der Waals surface area contributed by atoms with Gasteiger partial charge in [-0.3, -0.25) is 0 Å². The number of hydrogen-bond donors (Lipinski definition) is 1. The van der Waals surface area contributed by atoms with Crippen LogP contribution in [0.4, 0.5) is 0 Å². The summed E-state index contributed by atoms with van der Waals surface area (Å²) in [6.07, 6.45) is 7.31. The van der Waals surface area contributed by atoms with Crippen molar-refractivity contribution in [3.8, 4) is 0 Å². The van der Waals surface area contributed by atoms with E-state index in [2.05, 4.69) is 3.08 Å². The van der Waals surface area contributed by atoms with Crippen molar-refractivity contribution in [1.29, 1.82) is 0 Å². The van der Waals surface area contributed by atoms with Crippen LogP contribution in [0.3, 0.4) is 0 Å². The van der Waals surface area contributed by atoms with Gasteiger partial charge >= 0.3 is 67.6 Å². The molecule has 1 fully saturated rings. The van der Waals surface area contributed by atoms with Gasteiger partial charge in [-0.25, -0.2) is 0 Å². The summed E-state index contributed by atoms with van der Waals surface area (Å²) in [5.41, 5.74) is 0. The Morgan fingerprint density at radius 2 is 1.75 bits per heavy atom. The van der Waals surface area contributed by atoms with Crippen LogP contribution in [-0.4, -0.2) is 6.04 Å². The summed E-state index contributed by atoms with van der Waals surface area (Å²) in [6.45, 7) is 0. The van der Waals surface area contributed by atoms with Gasteiger partial charge in [-0.2, -0.15) is 0 Å². The molecule has 1 saturated carbocycles. The predicted molar refractivity (Wildman–Crippen MR) is 30.0 cm³/mol. The van der Waals surface area contributed by atoms with Gasteiger partial charge in [0.1, 0.15) is 0 Å². The fraction of sp³-hybridized carbons (Fsp3) is 1.00. The molecule has 0 radical (unpaired) electrons. The molecule has 0 atom stereocenters. The Morgan fingerprint density at radius 3 is 2.12 bits per heavy atom. The third kappa shape index (κ3) is 2.02. The van der Waals surface area contributed by atoms with Crippen LogP contribution in [0.15, 0.2) is 0 Å². The van der Waals surface area contributed by atoms with Gasteiger partial charge in [-0.1, -0.05) is 0 Å². The monoisotopic (exact) mass is 300 g/mol. The van der Waals surface area contributed by atoms with E-state index in [4.69, 9.17) is 0 Å². The second-order valence-electron chi connectivity index (χ2n) is 2.54. The Labute approximate surface area is 67.6 Å². The zero-order valence-corrected chi connectivity index (χ0v) is 10.8. The zero-order valence-electron chi connectivity index (χ0n) is 5.32. The van der Waals surface area contributed by atoms with Gasteiger partial charge in [0.05, 0.1) is 0 Å². The van der Waals surface area contributed by atoms with E-state index in [0.29, 0.717) is 0 Å². The van der Waals surface area contributed by atoms with Crippen LogP contribution in [0.25, 0.3) is 0 Å². The van der Waals surface area contributed by atoms with Crippen molar-refractivity contribution in [3.63, 3.8) is 0 Å². The second kappa shape index (κ2) is 3.83. The van der Waals surface area contributed by atoms with Gasteiger partial charge in [0.15, 0.2) is 0 Å². The third-order valence-electron chi connectivity index (χ3n) is 1.89. The average Bonchev–Trinajstić information content (AvgIpc) is 1.90. The van der Waals surface area contributed by atoms with Gasteiger partial charge in [0.25, 0.3) is 0 Å². The van der Waals surface area contributed by atoms with Crippen molar-refractivity contribution in [2.75, 3.05) is 0 Å². The molecule has 0 bridgehead atoms. The standard InChI is InChI=1S/C6H12N.Hg/c7-6-4-2-1-3-5-6;/h6-7H,1-5H2;/q-1;+1. The van der Waals surface area contributed by atoms with E-state index in [-0.39, 0.29) is 0 Å². The van der Waals surface area contributed by atoms with Crippen molar-refractivity contribution >= 4 is 0 Å². The quantitative estimate of drug-likeness (QED) is 0.721. The molecular formula is C6H12HgN. The molecule has 0 aromatic heterocycles. The maximum atomic E-state index is 3.50. The molecule has 0 aromatic carbocycles. The summed E-state index contributed by atoms with van der Waals surface area (Å²) in [6, 6.07) is 0.923. The summed E-state index contributed by atoms with van der Waals surface area (Å²) < 4.78 is 3.50. The zero-order chi connectivity index (χ0) is 5.82. The molecule has 0 heterocycles. The Morgan fingerprint density at radius 1 is 1.12 bits per heavy atom. The Bertz CT molecular complexity index is 59.5. The van der Waals surface area contributed by atoms with Crippen LogP contribution in [-0.2, 0) is 26.4 Å². The van der Waals surface area contributed by atoms with Crippen LogP contribution in [0.5, 0.6) is 0 Å². The Hall–Kier alpha value is 0.895.